The van der Waals surface area contributed by atoms with Gasteiger partial charge in [0.1, 0.15) is 11.3 Å². The molecule has 3 aromatic carbocycles. The topological polar surface area (TPSA) is 98.7 Å². The summed E-state index contributed by atoms with van der Waals surface area (Å²) < 4.78 is 0. The van der Waals surface area contributed by atoms with E-state index >= 15 is 0 Å². The van der Waals surface area contributed by atoms with E-state index in [9.17, 15) is 14.7 Å². The van der Waals surface area contributed by atoms with E-state index in [-0.39, 0.29) is 11.3 Å². The number of anilines is 2. The van der Waals surface area contributed by atoms with Crippen molar-refractivity contribution in [2.24, 2.45) is 0 Å². The largest absolute Gasteiger partial charge is 0.507 e. The predicted molar refractivity (Wildman–Crippen MR) is 91.7 cm³/mol. The van der Waals surface area contributed by atoms with E-state index in [1.807, 2.05) is 36.4 Å². The first-order valence-corrected chi connectivity index (χ1v) is 7.16. The van der Waals surface area contributed by atoms with Gasteiger partial charge in [0.15, 0.2) is 0 Å². The van der Waals surface area contributed by atoms with Crippen LogP contribution in [0.1, 0.15) is 10.4 Å². The lowest BCUT2D eigenvalue weighted by Crippen LogP contribution is -2.19. The number of phenols is 1. The van der Waals surface area contributed by atoms with E-state index < -0.39 is 17.7 Å². The number of urea groups is 1. The highest BCUT2D eigenvalue weighted by molar-refractivity contribution is 6.06. The lowest BCUT2D eigenvalue weighted by molar-refractivity contribution is 0.0694. The predicted octanol–water partition coefficient (Wildman–Crippen LogP) is 3.89. The zero-order valence-corrected chi connectivity index (χ0v) is 12.5. The standard InChI is InChI=1S/C18H14N2O4/c21-16-10-12(8-9-14(16)17(22)23)19-18(24)20-15-7-3-5-11-4-1-2-6-13(11)15/h1-10,21H,(H,22,23)(H2,19,20,24). The summed E-state index contributed by atoms with van der Waals surface area (Å²) in [6.45, 7) is 0. The van der Waals surface area contributed by atoms with Crippen molar-refractivity contribution in [2.45, 2.75) is 0 Å². The normalized spacial score (nSPS) is 10.3. The summed E-state index contributed by atoms with van der Waals surface area (Å²) in [5.74, 6) is -1.65. The van der Waals surface area contributed by atoms with Crippen LogP contribution in [0.2, 0.25) is 0 Å². The Balaban J connectivity index is 1.78. The maximum Gasteiger partial charge on any atom is 0.339 e. The Morgan fingerprint density at radius 2 is 1.62 bits per heavy atom. The van der Waals surface area contributed by atoms with Crippen molar-refractivity contribution in [3.8, 4) is 5.75 Å². The first kappa shape index (κ1) is 15.4. The zero-order valence-electron chi connectivity index (χ0n) is 12.5. The molecule has 0 unspecified atom stereocenters. The minimum Gasteiger partial charge on any atom is -0.507 e. The summed E-state index contributed by atoms with van der Waals surface area (Å²) >= 11 is 0. The van der Waals surface area contributed by atoms with Crippen LogP contribution < -0.4 is 10.6 Å². The number of aromatic carboxylic acids is 1. The van der Waals surface area contributed by atoms with Gasteiger partial charge in [0.05, 0.1) is 5.69 Å². The zero-order chi connectivity index (χ0) is 17.1. The Labute approximate surface area is 137 Å². The van der Waals surface area contributed by atoms with E-state index in [2.05, 4.69) is 10.6 Å². The molecule has 120 valence electrons. The van der Waals surface area contributed by atoms with Crippen molar-refractivity contribution in [1.82, 2.24) is 0 Å². The first-order chi connectivity index (χ1) is 11.5. The number of carbonyl (C=O) groups is 2. The quantitative estimate of drug-likeness (QED) is 0.588. The number of rotatable bonds is 3. The van der Waals surface area contributed by atoms with Gasteiger partial charge in [0.25, 0.3) is 0 Å². The molecule has 0 fully saturated rings. The van der Waals surface area contributed by atoms with Gasteiger partial charge in [-0.25, -0.2) is 9.59 Å². The van der Waals surface area contributed by atoms with E-state index in [0.29, 0.717) is 5.69 Å². The van der Waals surface area contributed by atoms with Crippen molar-refractivity contribution < 1.29 is 19.8 Å². The van der Waals surface area contributed by atoms with Gasteiger partial charge in [0, 0.05) is 17.1 Å². The SMILES string of the molecule is O=C(Nc1ccc(C(=O)O)c(O)c1)Nc1cccc2ccccc12. The highest BCUT2D eigenvalue weighted by Gasteiger charge is 2.11. The molecule has 0 heterocycles. The van der Waals surface area contributed by atoms with Crippen LogP contribution in [0.25, 0.3) is 10.8 Å². The Morgan fingerprint density at radius 1 is 0.875 bits per heavy atom. The maximum absolute atomic E-state index is 12.1. The molecular formula is C18H14N2O4. The molecule has 3 rings (SSSR count). The second kappa shape index (κ2) is 6.29. The van der Waals surface area contributed by atoms with Crippen molar-refractivity contribution in [3.63, 3.8) is 0 Å². The van der Waals surface area contributed by atoms with Gasteiger partial charge in [-0.2, -0.15) is 0 Å². The van der Waals surface area contributed by atoms with E-state index in [1.165, 1.54) is 18.2 Å². The average molecular weight is 322 g/mol. The van der Waals surface area contributed by atoms with Gasteiger partial charge in [-0.15, -0.1) is 0 Å². The fourth-order valence-corrected chi connectivity index (χ4v) is 2.41. The molecule has 0 aliphatic carbocycles. The Morgan fingerprint density at radius 3 is 2.38 bits per heavy atom. The van der Waals surface area contributed by atoms with E-state index in [0.717, 1.165) is 10.8 Å². The van der Waals surface area contributed by atoms with E-state index in [1.54, 1.807) is 6.07 Å². The smallest absolute Gasteiger partial charge is 0.339 e. The van der Waals surface area contributed by atoms with Crippen LogP contribution >= 0.6 is 0 Å². The molecule has 0 aliphatic rings. The second-order valence-corrected chi connectivity index (χ2v) is 5.14. The number of carboxylic acid groups (broad SMARTS) is 1. The molecule has 0 atom stereocenters. The van der Waals surface area contributed by atoms with Crippen molar-refractivity contribution in [1.29, 1.82) is 0 Å². The number of nitrogens with one attached hydrogen (secondary N) is 2. The third-order valence-electron chi connectivity index (χ3n) is 3.52. The number of hydrogen-bond acceptors (Lipinski definition) is 3. The molecule has 0 saturated carbocycles. The number of benzene rings is 3. The minimum atomic E-state index is -1.24. The van der Waals surface area contributed by atoms with Gasteiger partial charge in [-0.05, 0) is 23.6 Å². The molecule has 0 aliphatic heterocycles. The van der Waals surface area contributed by atoms with Gasteiger partial charge < -0.3 is 20.8 Å². The summed E-state index contributed by atoms with van der Waals surface area (Å²) in [4.78, 5) is 23.0. The van der Waals surface area contributed by atoms with Crippen LogP contribution in [0.15, 0.2) is 60.7 Å². The Hall–Kier alpha value is -3.54. The van der Waals surface area contributed by atoms with Crippen molar-refractivity contribution in [3.05, 3.63) is 66.2 Å². The molecule has 0 saturated heterocycles. The van der Waals surface area contributed by atoms with E-state index in [4.69, 9.17) is 5.11 Å². The van der Waals surface area contributed by atoms with Crippen LogP contribution in [-0.4, -0.2) is 22.2 Å². The summed E-state index contributed by atoms with van der Waals surface area (Å²) in [5.41, 5.74) is 0.710. The number of aromatic hydroxyl groups is 1. The summed E-state index contributed by atoms with van der Waals surface area (Å²) in [5, 5.41) is 25.7. The molecule has 0 spiro atoms. The monoisotopic (exact) mass is 322 g/mol. The molecule has 4 N–H and O–H groups in total. The van der Waals surface area contributed by atoms with Crippen LogP contribution in [0.5, 0.6) is 5.75 Å². The highest BCUT2D eigenvalue weighted by Crippen LogP contribution is 2.24. The first-order valence-electron chi connectivity index (χ1n) is 7.16. The lowest BCUT2D eigenvalue weighted by Gasteiger charge is -2.11. The minimum absolute atomic E-state index is 0.227. The number of carboxylic acids is 1. The summed E-state index contributed by atoms with van der Waals surface area (Å²) in [7, 11) is 0. The Kier molecular flexibility index (Phi) is 4.03. The number of hydrogen-bond donors (Lipinski definition) is 4. The molecular weight excluding hydrogens is 308 g/mol. The van der Waals surface area contributed by atoms with Crippen LogP contribution in [0.3, 0.4) is 0 Å². The molecule has 0 radical (unpaired) electrons. The van der Waals surface area contributed by atoms with Crippen LogP contribution in [-0.2, 0) is 0 Å². The molecule has 2 amide bonds. The lowest BCUT2D eigenvalue weighted by atomic mass is 10.1. The number of carbonyl (C=O) groups excluding carboxylic acids is 1. The third kappa shape index (κ3) is 3.12. The van der Waals surface area contributed by atoms with Gasteiger partial charge in [0.2, 0.25) is 0 Å². The van der Waals surface area contributed by atoms with Gasteiger partial charge in [-0.1, -0.05) is 36.4 Å². The molecule has 0 bridgehead atoms. The number of amides is 2. The fourth-order valence-electron chi connectivity index (χ4n) is 2.41. The maximum atomic E-state index is 12.1. The highest BCUT2D eigenvalue weighted by atomic mass is 16.4. The number of fused-ring (bicyclic) bond motifs is 1. The summed E-state index contributed by atoms with van der Waals surface area (Å²) in [6, 6.07) is 16.5. The van der Waals surface area contributed by atoms with Gasteiger partial charge >= 0.3 is 12.0 Å². The summed E-state index contributed by atoms with van der Waals surface area (Å²) in [6.07, 6.45) is 0. The van der Waals surface area contributed by atoms with Crippen molar-refractivity contribution >= 4 is 34.1 Å². The molecule has 6 heteroatoms. The molecule has 0 aromatic heterocycles. The Bertz CT molecular complexity index is 932. The van der Waals surface area contributed by atoms with Gasteiger partial charge in [-0.3, -0.25) is 0 Å². The fraction of sp³-hybridized carbons (Fsp3) is 0. The van der Waals surface area contributed by atoms with Crippen molar-refractivity contribution in [2.75, 3.05) is 10.6 Å². The third-order valence-corrected chi connectivity index (χ3v) is 3.52. The average Bonchev–Trinajstić information content (AvgIpc) is 2.55. The second-order valence-electron chi connectivity index (χ2n) is 5.14. The molecule has 3 aromatic rings. The van der Waals surface area contributed by atoms with Crippen LogP contribution in [0.4, 0.5) is 16.2 Å². The molecule has 6 nitrogen and oxygen atoms in total. The molecule has 24 heavy (non-hydrogen) atoms. The van der Waals surface area contributed by atoms with Crippen LogP contribution in [0, 0.1) is 0 Å².